The van der Waals surface area contributed by atoms with E-state index >= 15 is 0 Å². The van der Waals surface area contributed by atoms with Crippen molar-refractivity contribution >= 4 is 38.9 Å². The van der Waals surface area contributed by atoms with Gasteiger partial charge in [-0.1, -0.05) is 0 Å². The summed E-state index contributed by atoms with van der Waals surface area (Å²) in [5.74, 6) is -0.363. The van der Waals surface area contributed by atoms with E-state index in [4.69, 9.17) is 4.74 Å². The van der Waals surface area contributed by atoms with Crippen LogP contribution in [0.25, 0.3) is 20.8 Å². The molecule has 6 heteroatoms. The normalized spacial score (nSPS) is 10.9. The molecule has 3 aromatic heterocycles. The maximum absolute atomic E-state index is 11.8. The van der Waals surface area contributed by atoms with Gasteiger partial charge in [-0.25, -0.2) is 9.78 Å². The summed E-state index contributed by atoms with van der Waals surface area (Å²) in [7, 11) is 0. The SMILES string of the molecule is CCOC(=O)c1nc(-c2cnc3ccsc3c2)sc1C. The molecule has 0 radical (unpaired) electrons. The van der Waals surface area contributed by atoms with E-state index < -0.39 is 0 Å². The molecule has 0 amide bonds. The van der Waals surface area contributed by atoms with E-state index in [-0.39, 0.29) is 5.97 Å². The average Bonchev–Trinajstić information content (AvgIpc) is 3.04. The lowest BCUT2D eigenvalue weighted by Gasteiger charge is -1.98. The fourth-order valence-corrected chi connectivity index (χ4v) is 3.53. The van der Waals surface area contributed by atoms with Gasteiger partial charge in [0, 0.05) is 16.6 Å². The average molecular weight is 304 g/mol. The molecule has 0 aromatic carbocycles. The number of hydrogen-bond acceptors (Lipinski definition) is 6. The number of fused-ring (bicyclic) bond motifs is 1. The molecule has 0 unspecified atom stereocenters. The molecule has 3 heterocycles. The first-order valence-corrected chi connectivity index (χ1v) is 7.87. The summed E-state index contributed by atoms with van der Waals surface area (Å²) < 4.78 is 6.13. The fourth-order valence-electron chi connectivity index (χ4n) is 1.87. The van der Waals surface area contributed by atoms with Crippen LogP contribution in [0.15, 0.2) is 23.7 Å². The number of aromatic nitrogens is 2. The number of pyridine rings is 1. The van der Waals surface area contributed by atoms with Crippen molar-refractivity contribution in [1.82, 2.24) is 9.97 Å². The van der Waals surface area contributed by atoms with Crippen LogP contribution in [0.2, 0.25) is 0 Å². The van der Waals surface area contributed by atoms with Crippen LogP contribution in [-0.2, 0) is 4.74 Å². The van der Waals surface area contributed by atoms with Gasteiger partial charge in [0.1, 0.15) is 5.01 Å². The summed E-state index contributed by atoms with van der Waals surface area (Å²) in [6.07, 6.45) is 1.79. The second-order valence-corrected chi connectivity index (χ2v) is 6.32. The zero-order valence-electron chi connectivity index (χ0n) is 11.0. The Morgan fingerprint density at radius 1 is 1.45 bits per heavy atom. The fraction of sp³-hybridized carbons (Fsp3) is 0.214. The third-order valence-corrected chi connectivity index (χ3v) is 4.69. The highest BCUT2D eigenvalue weighted by molar-refractivity contribution is 7.17. The predicted molar refractivity (Wildman–Crippen MR) is 81.4 cm³/mol. The molecule has 20 heavy (non-hydrogen) atoms. The largest absolute Gasteiger partial charge is 0.461 e. The van der Waals surface area contributed by atoms with E-state index in [1.807, 2.05) is 18.4 Å². The number of carbonyl (C=O) groups excluding carboxylic acids is 1. The van der Waals surface area contributed by atoms with Crippen LogP contribution in [0.4, 0.5) is 0 Å². The third-order valence-electron chi connectivity index (χ3n) is 2.82. The number of thiophene rings is 1. The smallest absolute Gasteiger partial charge is 0.358 e. The third kappa shape index (κ3) is 2.32. The molecule has 0 aliphatic heterocycles. The number of esters is 1. The van der Waals surface area contributed by atoms with E-state index in [2.05, 4.69) is 16.0 Å². The summed E-state index contributed by atoms with van der Waals surface area (Å²) in [5.41, 5.74) is 2.32. The van der Waals surface area contributed by atoms with Crippen molar-refractivity contribution in [2.45, 2.75) is 13.8 Å². The van der Waals surface area contributed by atoms with E-state index in [1.165, 1.54) is 11.3 Å². The highest BCUT2D eigenvalue weighted by atomic mass is 32.1. The second kappa shape index (κ2) is 5.30. The van der Waals surface area contributed by atoms with Crippen LogP contribution in [0.5, 0.6) is 0 Å². The Kier molecular flexibility index (Phi) is 3.50. The maximum Gasteiger partial charge on any atom is 0.358 e. The van der Waals surface area contributed by atoms with Gasteiger partial charge < -0.3 is 4.74 Å². The van der Waals surface area contributed by atoms with Gasteiger partial charge >= 0.3 is 5.97 Å². The zero-order valence-corrected chi connectivity index (χ0v) is 12.7. The van der Waals surface area contributed by atoms with Gasteiger partial charge in [-0.2, -0.15) is 0 Å². The number of carbonyl (C=O) groups is 1. The van der Waals surface area contributed by atoms with Crippen LogP contribution in [0.3, 0.4) is 0 Å². The monoisotopic (exact) mass is 304 g/mol. The van der Waals surface area contributed by atoms with Gasteiger partial charge in [0.05, 0.1) is 16.8 Å². The molecular formula is C14H12N2O2S2. The molecule has 0 atom stereocenters. The molecule has 0 aliphatic carbocycles. The molecule has 0 bridgehead atoms. The lowest BCUT2D eigenvalue weighted by molar-refractivity contribution is 0.0519. The maximum atomic E-state index is 11.8. The molecule has 4 nitrogen and oxygen atoms in total. The number of aryl methyl sites for hydroxylation is 1. The molecule has 0 fully saturated rings. The van der Waals surface area contributed by atoms with Gasteiger partial charge in [-0.3, -0.25) is 4.98 Å². The van der Waals surface area contributed by atoms with E-state index in [9.17, 15) is 4.79 Å². The second-order valence-electron chi connectivity index (χ2n) is 4.17. The molecule has 0 aliphatic rings. The molecule has 0 saturated carbocycles. The Bertz CT molecular complexity index is 776. The van der Waals surface area contributed by atoms with Crippen LogP contribution in [-0.4, -0.2) is 22.5 Å². The minimum atomic E-state index is -0.363. The summed E-state index contributed by atoms with van der Waals surface area (Å²) in [6.45, 7) is 4.02. The van der Waals surface area contributed by atoms with Crippen molar-refractivity contribution in [3.8, 4) is 10.6 Å². The standard InChI is InChI=1S/C14H12N2O2S2/c1-3-18-14(17)12-8(2)20-13(16-12)9-6-11-10(15-7-9)4-5-19-11/h4-7H,3H2,1-2H3. The van der Waals surface area contributed by atoms with Gasteiger partial charge in [-0.05, 0) is 31.4 Å². The molecule has 0 saturated heterocycles. The Balaban J connectivity index is 2.01. The summed E-state index contributed by atoms with van der Waals surface area (Å²) in [5, 5.41) is 2.81. The minimum Gasteiger partial charge on any atom is -0.461 e. The first-order valence-electron chi connectivity index (χ1n) is 6.17. The Morgan fingerprint density at radius 2 is 2.30 bits per heavy atom. The zero-order chi connectivity index (χ0) is 14.1. The van der Waals surface area contributed by atoms with E-state index in [1.54, 1.807) is 24.5 Å². The minimum absolute atomic E-state index is 0.355. The van der Waals surface area contributed by atoms with Crippen molar-refractivity contribution in [3.05, 3.63) is 34.3 Å². The van der Waals surface area contributed by atoms with Crippen molar-refractivity contribution in [1.29, 1.82) is 0 Å². The Morgan fingerprint density at radius 3 is 3.10 bits per heavy atom. The summed E-state index contributed by atoms with van der Waals surface area (Å²) in [4.78, 5) is 21.5. The van der Waals surface area contributed by atoms with Crippen LogP contribution < -0.4 is 0 Å². The van der Waals surface area contributed by atoms with Gasteiger partial charge in [0.15, 0.2) is 5.69 Å². The van der Waals surface area contributed by atoms with Crippen molar-refractivity contribution in [2.75, 3.05) is 6.61 Å². The van der Waals surface area contributed by atoms with E-state index in [0.717, 1.165) is 25.7 Å². The molecule has 0 N–H and O–H groups in total. The quantitative estimate of drug-likeness (QED) is 0.689. The Hall–Kier alpha value is -1.79. The van der Waals surface area contributed by atoms with Crippen LogP contribution in [0, 0.1) is 6.92 Å². The first-order chi connectivity index (χ1) is 9.69. The lowest BCUT2D eigenvalue weighted by atomic mass is 10.3. The van der Waals surface area contributed by atoms with Crippen molar-refractivity contribution < 1.29 is 9.53 Å². The molecule has 3 rings (SSSR count). The van der Waals surface area contributed by atoms with E-state index in [0.29, 0.717) is 12.3 Å². The summed E-state index contributed by atoms with van der Waals surface area (Å²) in [6, 6.07) is 4.04. The first kappa shape index (κ1) is 13.2. The van der Waals surface area contributed by atoms with Gasteiger partial charge in [0.25, 0.3) is 0 Å². The molecule has 3 aromatic rings. The lowest BCUT2D eigenvalue weighted by Crippen LogP contribution is -2.06. The summed E-state index contributed by atoms with van der Waals surface area (Å²) >= 11 is 3.13. The predicted octanol–water partition coefficient (Wildman–Crippen LogP) is 3.90. The molecule has 0 spiro atoms. The Labute approximate surface area is 124 Å². The number of thiazole rings is 1. The van der Waals surface area contributed by atoms with Crippen molar-refractivity contribution in [2.24, 2.45) is 0 Å². The number of ether oxygens (including phenoxy) is 1. The number of rotatable bonds is 3. The van der Waals surface area contributed by atoms with Crippen LogP contribution >= 0.6 is 22.7 Å². The molecular weight excluding hydrogens is 292 g/mol. The highest BCUT2D eigenvalue weighted by Crippen LogP contribution is 2.30. The highest BCUT2D eigenvalue weighted by Gasteiger charge is 2.17. The van der Waals surface area contributed by atoms with Crippen LogP contribution in [0.1, 0.15) is 22.3 Å². The van der Waals surface area contributed by atoms with Crippen molar-refractivity contribution in [3.63, 3.8) is 0 Å². The topological polar surface area (TPSA) is 52.1 Å². The van der Waals surface area contributed by atoms with Gasteiger partial charge in [0.2, 0.25) is 0 Å². The molecule has 102 valence electrons. The van der Waals surface area contributed by atoms with Gasteiger partial charge in [-0.15, -0.1) is 22.7 Å². The number of hydrogen-bond donors (Lipinski definition) is 0. The number of nitrogens with zero attached hydrogens (tertiary/aromatic N) is 2.